The number of ether oxygens (including phenoxy) is 3. The van der Waals surface area contributed by atoms with Gasteiger partial charge in [-0.3, -0.25) is 9.59 Å². The molecule has 1 aromatic rings. The van der Waals surface area contributed by atoms with Crippen molar-refractivity contribution in [3.05, 3.63) is 18.2 Å². The zero-order valence-corrected chi connectivity index (χ0v) is 16.3. The van der Waals surface area contributed by atoms with Crippen LogP contribution in [0.3, 0.4) is 0 Å². The molecule has 162 valence electrons. The van der Waals surface area contributed by atoms with Crippen LogP contribution in [0.15, 0.2) is 18.2 Å². The van der Waals surface area contributed by atoms with E-state index in [1.54, 1.807) is 0 Å². The lowest BCUT2D eigenvalue weighted by atomic mass is 9.44. The Morgan fingerprint density at radius 3 is 2.60 bits per heavy atom. The lowest BCUT2D eigenvalue weighted by Gasteiger charge is -2.70. The molecule has 1 unspecified atom stereocenters. The summed E-state index contributed by atoms with van der Waals surface area (Å²) >= 11 is 0. The summed E-state index contributed by atoms with van der Waals surface area (Å²) in [6, 6.07) is 4.00. The molecule has 1 atom stereocenters. The Kier molecular flexibility index (Phi) is 4.32. The number of carbonyl (C=O) groups is 2. The van der Waals surface area contributed by atoms with Gasteiger partial charge >= 0.3 is 6.29 Å². The maximum Gasteiger partial charge on any atom is 0.586 e. The summed E-state index contributed by atoms with van der Waals surface area (Å²) in [5.41, 5.74) is -0.472. The number of fused-ring (bicyclic) bond motifs is 1. The van der Waals surface area contributed by atoms with Gasteiger partial charge in [-0.2, -0.15) is 0 Å². The summed E-state index contributed by atoms with van der Waals surface area (Å²) in [5.74, 6) is -0.168. The van der Waals surface area contributed by atoms with Gasteiger partial charge in [0.1, 0.15) is 5.75 Å². The Labute approximate surface area is 171 Å². The first-order chi connectivity index (χ1) is 14.3. The van der Waals surface area contributed by atoms with E-state index in [2.05, 4.69) is 25.4 Å². The standard InChI is InChI=1S/C20H23F2N3O5/c21-20(22)29-14-4-3-13(6-15(14)30-20)28-8-16(26)24-18-9-19(10-18,11-18)25-17(27)12-2-1-5-23-7-12/h3-4,6,12,23H,1-2,5,7-11H2,(H,24,26)(H,25,27). The number of hydrogen-bond donors (Lipinski definition) is 3. The van der Waals surface area contributed by atoms with Crippen molar-refractivity contribution in [2.75, 3.05) is 19.7 Å². The van der Waals surface area contributed by atoms with Gasteiger partial charge in [-0.25, -0.2) is 0 Å². The van der Waals surface area contributed by atoms with E-state index in [0.29, 0.717) is 0 Å². The van der Waals surface area contributed by atoms with Crippen LogP contribution < -0.4 is 30.2 Å². The Morgan fingerprint density at radius 2 is 1.87 bits per heavy atom. The van der Waals surface area contributed by atoms with E-state index in [9.17, 15) is 18.4 Å². The Bertz CT molecular complexity index is 867. The van der Waals surface area contributed by atoms with Crippen LogP contribution in [-0.4, -0.2) is 48.9 Å². The summed E-state index contributed by atoms with van der Waals surface area (Å²) in [6.07, 6.45) is 0.383. The number of piperidine rings is 1. The summed E-state index contributed by atoms with van der Waals surface area (Å²) < 4.78 is 40.2. The number of hydrogen-bond acceptors (Lipinski definition) is 6. The van der Waals surface area contributed by atoms with Gasteiger partial charge in [0.2, 0.25) is 5.91 Å². The lowest BCUT2D eigenvalue weighted by molar-refractivity contribution is -0.286. The minimum Gasteiger partial charge on any atom is -0.484 e. The molecule has 0 radical (unpaired) electrons. The largest absolute Gasteiger partial charge is 0.586 e. The predicted molar refractivity (Wildman–Crippen MR) is 99.3 cm³/mol. The average Bonchev–Trinajstić information content (AvgIpc) is 2.97. The fourth-order valence-corrected chi connectivity index (χ4v) is 4.99. The zero-order valence-electron chi connectivity index (χ0n) is 16.3. The van der Waals surface area contributed by atoms with Gasteiger partial charge in [0.05, 0.1) is 5.92 Å². The van der Waals surface area contributed by atoms with Crippen molar-refractivity contribution in [3.8, 4) is 17.2 Å². The molecule has 4 fully saturated rings. The van der Waals surface area contributed by atoms with Crippen molar-refractivity contribution in [3.63, 3.8) is 0 Å². The molecule has 30 heavy (non-hydrogen) atoms. The van der Waals surface area contributed by atoms with Crippen molar-refractivity contribution in [2.24, 2.45) is 5.92 Å². The molecule has 2 amide bonds. The van der Waals surface area contributed by atoms with E-state index < -0.39 is 6.29 Å². The smallest absolute Gasteiger partial charge is 0.484 e. The van der Waals surface area contributed by atoms with Gasteiger partial charge in [0, 0.05) is 23.7 Å². The molecule has 2 bridgehead atoms. The Balaban J connectivity index is 1.07. The van der Waals surface area contributed by atoms with Crippen LogP contribution in [0.25, 0.3) is 0 Å². The van der Waals surface area contributed by atoms with Crippen LogP contribution in [0.1, 0.15) is 32.1 Å². The lowest BCUT2D eigenvalue weighted by Crippen LogP contribution is -2.84. The first-order valence-corrected chi connectivity index (χ1v) is 10.1. The molecule has 2 aliphatic heterocycles. The van der Waals surface area contributed by atoms with Crippen LogP contribution >= 0.6 is 0 Å². The third-order valence-electron chi connectivity index (χ3n) is 6.23. The quantitative estimate of drug-likeness (QED) is 0.638. The number of carbonyl (C=O) groups excluding carboxylic acids is 2. The minimum absolute atomic E-state index is 0.0216. The summed E-state index contributed by atoms with van der Waals surface area (Å²) in [5, 5.41) is 9.38. The maximum atomic E-state index is 13.1. The third-order valence-corrected chi connectivity index (χ3v) is 6.23. The van der Waals surface area contributed by atoms with Gasteiger partial charge in [-0.1, -0.05) is 0 Å². The number of amides is 2. The van der Waals surface area contributed by atoms with Gasteiger partial charge < -0.3 is 30.2 Å². The molecule has 6 rings (SSSR count). The highest BCUT2D eigenvalue weighted by atomic mass is 19.3. The maximum absolute atomic E-state index is 13.1. The monoisotopic (exact) mass is 423 g/mol. The Hall–Kier alpha value is -2.62. The molecule has 3 saturated carbocycles. The van der Waals surface area contributed by atoms with Crippen molar-refractivity contribution >= 4 is 11.8 Å². The Morgan fingerprint density at radius 1 is 1.13 bits per heavy atom. The molecule has 8 nitrogen and oxygen atoms in total. The third kappa shape index (κ3) is 3.53. The van der Waals surface area contributed by atoms with Gasteiger partial charge in [0.15, 0.2) is 18.1 Å². The van der Waals surface area contributed by atoms with E-state index in [1.165, 1.54) is 18.2 Å². The van der Waals surface area contributed by atoms with E-state index in [4.69, 9.17) is 4.74 Å². The van der Waals surface area contributed by atoms with E-state index in [0.717, 1.165) is 45.2 Å². The molecule has 0 spiro atoms. The number of rotatable bonds is 6. The first-order valence-electron chi connectivity index (χ1n) is 10.1. The molecule has 0 aromatic heterocycles. The van der Waals surface area contributed by atoms with Crippen LogP contribution in [0.4, 0.5) is 8.78 Å². The molecule has 3 aliphatic carbocycles. The average molecular weight is 423 g/mol. The number of alkyl halides is 2. The highest BCUT2D eigenvalue weighted by molar-refractivity contribution is 5.82. The van der Waals surface area contributed by atoms with Gasteiger partial charge in [-0.15, -0.1) is 8.78 Å². The van der Waals surface area contributed by atoms with Crippen molar-refractivity contribution in [2.45, 2.75) is 49.5 Å². The second-order valence-electron chi connectivity index (χ2n) is 8.74. The fourth-order valence-electron chi connectivity index (χ4n) is 4.99. The highest BCUT2D eigenvalue weighted by Crippen LogP contribution is 2.60. The molecule has 5 aliphatic rings. The second-order valence-corrected chi connectivity index (χ2v) is 8.74. The van der Waals surface area contributed by atoms with Crippen LogP contribution in [0.2, 0.25) is 0 Å². The van der Waals surface area contributed by atoms with Crippen LogP contribution in [0, 0.1) is 5.92 Å². The molecule has 1 saturated heterocycles. The van der Waals surface area contributed by atoms with E-state index in [-0.39, 0.29) is 52.7 Å². The van der Waals surface area contributed by atoms with Gasteiger partial charge in [-0.05, 0) is 50.8 Å². The molecule has 2 heterocycles. The molecule has 3 N–H and O–H groups in total. The normalized spacial score (nSPS) is 32.4. The summed E-state index contributed by atoms with van der Waals surface area (Å²) in [7, 11) is 0. The highest BCUT2D eigenvalue weighted by Gasteiger charge is 2.69. The minimum atomic E-state index is -3.69. The number of halogens is 2. The number of benzene rings is 1. The van der Waals surface area contributed by atoms with Crippen molar-refractivity contribution in [1.29, 1.82) is 0 Å². The molecule has 1 aromatic carbocycles. The van der Waals surface area contributed by atoms with Crippen LogP contribution in [-0.2, 0) is 9.59 Å². The van der Waals surface area contributed by atoms with Crippen molar-refractivity contribution in [1.82, 2.24) is 16.0 Å². The number of nitrogens with one attached hydrogen (secondary N) is 3. The fraction of sp³-hybridized carbons (Fsp3) is 0.600. The van der Waals surface area contributed by atoms with Gasteiger partial charge in [0.25, 0.3) is 5.91 Å². The molecular weight excluding hydrogens is 400 g/mol. The topological polar surface area (TPSA) is 97.9 Å². The predicted octanol–water partition coefficient (Wildman–Crippen LogP) is 1.29. The van der Waals surface area contributed by atoms with E-state index >= 15 is 0 Å². The summed E-state index contributed by atoms with van der Waals surface area (Å²) in [6.45, 7) is 1.44. The second kappa shape index (κ2) is 6.69. The summed E-state index contributed by atoms with van der Waals surface area (Å²) in [4.78, 5) is 24.7. The first kappa shape index (κ1) is 19.3. The van der Waals surface area contributed by atoms with Crippen molar-refractivity contribution < 1.29 is 32.6 Å². The zero-order chi connectivity index (χ0) is 21.0. The molecule has 10 heteroatoms. The SMILES string of the molecule is O=C(COc1ccc2c(c1)OC(F)(F)O2)NC12CC(NC(=O)C3CCCNC3)(C1)C2. The van der Waals surface area contributed by atoms with E-state index in [1.807, 2.05) is 0 Å². The van der Waals surface area contributed by atoms with Crippen LogP contribution in [0.5, 0.6) is 17.2 Å². The molecular formula is C20H23F2N3O5.